The zero-order valence-electron chi connectivity index (χ0n) is 15.4. The van der Waals surface area contributed by atoms with Crippen LogP contribution in [-0.2, 0) is 14.3 Å². The van der Waals surface area contributed by atoms with Crippen molar-refractivity contribution in [2.24, 2.45) is 0 Å². The quantitative estimate of drug-likeness (QED) is 0.571. The summed E-state index contributed by atoms with van der Waals surface area (Å²) < 4.78 is 5.48. The van der Waals surface area contributed by atoms with E-state index in [1.165, 1.54) is 19.3 Å². The molecule has 144 valence electrons. The van der Waals surface area contributed by atoms with Crippen LogP contribution in [0.15, 0.2) is 0 Å². The maximum atomic E-state index is 12.2. The van der Waals surface area contributed by atoms with Crippen LogP contribution >= 0.6 is 0 Å². The summed E-state index contributed by atoms with van der Waals surface area (Å²) in [6, 6.07) is -0.654. The largest absolute Gasteiger partial charge is 0.480 e. The lowest BCUT2D eigenvalue weighted by atomic mass is 9.79. The van der Waals surface area contributed by atoms with Crippen LogP contribution in [0.1, 0.15) is 51.9 Å². The minimum Gasteiger partial charge on any atom is -0.480 e. The van der Waals surface area contributed by atoms with Crippen molar-refractivity contribution in [3.8, 4) is 0 Å². The lowest BCUT2D eigenvalue weighted by molar-refractivity contribution is -0.139. The molecule has 2 rings (SSSR count). The Hall–Kier alpha value is -1.18. The van der Waals surface area contributed by atoms with Crippen LogP contribution in [0.4, 0.5) is 0 Å². The Balaban J connectivity index is 1.84. The molecule has 7 heteroatoms. The van der Waals surface area contributed by atoms with Gasteiger partial charge in [0.15, 0.2) is 0 Å². The third kappa shape index (κ3) is 5.94. The molecule has 0 spiro atoms. The summed E-state index contributed by atoms with van der Waals surface area (Å²) in [5.74, 6) is -1.02. The standard InChI is InChI=1S/C18H33N3O4/c1-2-6-15(17(23)24)19-13-16(22)20-14-18(7-4-3-5-8-18)21-9-11-25-12-10-21/h15,19H,2-14H2,1H3,(H,20,22)(H,23,24). The van der Waals surface area contributed by atoms with E-state index >= 15 is 0 Å². The molecule has 25 heavy (non-hydrogen) atoms. The molecule has 1 aliphatic heterocycles. The molecule has 3 N–H and O–H groups in total. The van der Waals surface area contributed by atoms with Crippen LogP contribution in [0.3, 0.4) is 0 Å². The maximum Gasteiger partial charge on any atom is 0.320 e. The minimum absolute atomic E-state index is 0.0350. The van der Waals surface area contributed by atoms with Gasteiger partial charge in [-0.15, -0.1) is 0 Å². The normalized spacial score (nSPS) is 22.3. The van der Waals surface area contributed by atoms with E-state index in [1.807, 2.05) is 6.92 Å². The monoisotopic (exact) mass is 355 g/mol. The fraction of sp³-hybridized carbons (Fsp3) is 0.889. The second-order valence-electron chi connectivity index (χ2n) is 7.22. The predicted octanol–water partition coefficient (Wildman–Crippen LogP) is 0.981. The smallest absolute Gasteiger partial charge is 0.320 e. The highest BCUT2D eigenvalue weighted by atomic mass is 16.5. The lowest BCUT2D eigenvalue weighted by Gasteiger charge is -2.48. The van der Waals surface area contributed by atoms with E-state index in [2.05, 4.69) is 15.5 Å². The number of hydrogen-bond donors (Lipinski definition) is 3. The fourth-order valence-corrected chi connectivity index (χ4v) is 4.00. The van der Waals surface area contributed by atoms with Crippen LogP contribution in [0.2, 0.25) is 0 Å². The third-order valence-electron chi connectivity index (χ3n) is 5.47. The molecular weight excluding hydrogens is 322 g/mol. The molecule has 1 heterocycles. The molecule has 1 saturated carbocycles. The first kappa shape index (κ1) is 20.1. The number of ether oxygens (including phenoxy) is 1. The molecule has 0 radical (unpaired) electrons. The number of carboxylic acid groups (broad SMARTS) is 1. The molecule has 1 saturated heterocycles. The molecule has 7 nitrogen and oxygen atoms in total. The van der Waals surface area contributed by atoms with Crippen molar-refractivity contribution >= 4 is 11.9 Å². The zero-order valence-corrected chi connectivity index (χ0v) is 15.4. The van der Waals surface area contributed by atoms with Gasteiger partial charge in [-0.2, -0.15) is 0 Å². The SMILES string of the molecule is CCCC(NCC(=O)NCC1(N2CCOCC2)CCCCC1)C(=O)O. The Morgan fingerprint density at radius 1 is 1.20 bits per heavy atom. The van der Waals surface area contributed by atoms with Gasteiger partial charge in [-0.1, -0.05) is 32.6 Å². The van der Waals surface area contributed by atoms with Crippen molar-refractivity contribution in [1.29, 1.82) is 0 Å². The molecule has 1 unspecified atom stereocenters. The summed E-state index contributed by atoms with van der Waals surface area (Å²) in [5.41, 5.74) is 0.0350. The molecule has 1 atom stereocenters. The molecule has 0 aromatic heterocycles. The number of carboxylic acids is 1. The highest BCUT2D eigenvalue weighted by Crippen LogP contribution is 2.33. The molecule has 2 aliphatic rings. The number of nitrogens with one attached hydrogen (secondary N) is 2. The summed E-state index contributed by atoms with van der Waals surface area (Å²) in [5, 5.41) is 15.1. The van der Waals surface area contributed by atoms with Crippen LogP contribution in [-0.4, -0.2) is 72.9 Å². The molecular formula is C18H33N3O4. The Kier molecular flexibility index (Phi) is 8.12. The summed E-state index contributed by atoms with van der Waals surface area (Å²) in [4.78, 5) is 25.9. The molecule has 2 fully saturated rings. The molecule has 0 bridgehead atoms. The molecule has 1 aliphatic carbocycles. The summed E-state index contributed by atoms with van der Waals surface area (Å²) in [7, 11) is 0. The maximum absolute atomic E-state index is 12.2. The Bertz CT molecular complexity index is 432. The number of carbonyl (C=O) groups excluding carboxylic acids is 1. The van der Waals surface area contributed by atoms with Crippen molar-refractivity contribution in [3.63, 3.8) is 0 Å². The van der Waals surface area contributed by atoms with E-state index in [9.17, 15) is 9.59 Å². The van der Waals surface area contributed by atoms with Crippen LogP contribution in [0.5, 0.6) is 0 Å². The van der Waals surface area contributed by atoms with Gasteiger partial charge in [-0.3, -0.25) is 19.8 Å². The molecule has 1 amide bonds. The van der Waals surface area contributed by atoms with Crippen LogP contribution in [0.25, 0.3) is 0 Å². The first-order chi connectivity index (χ1) is 12.1. The van der Waals surface area contributed by atoms with E-state index in [0.717, 1.165) is 45.6 Å². The van der Waals surface area contributed by atoms with Gasteiger partial charge in [-0.05, 0) is 19.3 Å². The second kappa shape index (κ2) is 10.1. The van der Waals surface area contributed by atoms with E-state index in [1.54, 1.807) is 0 Å². The predicted molar refractivity (Wildman–Crippen MR) is 95.6 cm³/mol. The second-order valence-corrected chi connectivity index (χ2v) is 7.22. The number of rotatable bonds is 9. The van der Waals surface area contributed by atoms with Gasteiger partial charge in [0.05, 0.1) is 19.8 Å². The number of nitrogens with zero attached hydrogens (tertiary/aromatic N) is 1. The van der Waals surface area contributed by atoms with E-state index in [-0.39, 0.29) is 18.0 Å². The van der Waals surface area contributed by atoms with Crippen molar-refractivity contribution < 1.29 is 19.4 Å². The highest BCUT2D eigenvalue weighted by Gasteiger charge is 2.38. The minimum atomic E-state index is -0.897. The van der Waals surface area contributed by atoms with Crippen LogP contribution in [0, 0.1) is 0 Å². The van der Waals surface area contributed by atoms with Gasteiger partial charge >= 0.3 is 5.97 Å². The Morgan fingerprint density at radius 2 is 1.88 bits per heavy atom. The number of morpholine rings is 1. The number of amides is 1. The van der Waals surface area contributed by atoms with Crippen LogP contribution < -0.4 is 10.6 Å². The van der Waals surface area contributed by atoms with Gasteiger partial charge < -0.3 is 15.2 Å². The third-order valence-corrected chi connectivity index (χ3v) is 5.47. The summed E-state index contributed by atoms with van der Waals surface area (Å²) >= 11 is 0. The average molecular weight is 355 g/mol. The average Bonchev–Trinajstić information content (AvgIpc) is 2.64. The number of hydrogen-bond acceptors (Lipinski definition) is 5. The van der Waals surface area contributed by atoms with Crippen molar-refractivity contribution in [3.05, 3.63) is 0 Å². The van der Waals surface area contributed by atoms with Gasteiger partial charge in [0.1, 0.15) is 6.04 Å². The number of carbonyl (C=O) groups is 2. The van der Waals surface area contributed by atoms with Gasteiger partial charge in [0.2, 0.25) is 5.91 Å². The van der Waals surface area contributed by atoms with E-state index in [4.69, 9.17) is 9.84 Å². The molecule has 0 aromatic rings. The topological polar surface area (TPSA) is 90.9 Å². The lowest BCUT2D eigenvalue weighted by Crippen LogP contribution is -2.60. The molecule has 0 aromatic carbocycles. The highest BCUT2D eigenvalue weighted by molar-refractivity contribution is 5.79. The van der Waals surface area contributed by atoms with Gasteiger partial charge in [-0.25, -0.2) is 0 Å². The Labute approximate surface area is 150 Å². The van der Waals surface area contributed by atoms with Gasteiger partial charge in [0, 0.05) is 25.2 Å². The first-order valence-corrected chi connectivity index (χ1v) is 9.63. The fourth-order valence-electron chi connectivity index (χ4n) is 4.00. The van der Waals surface area contributed by atoms with Crippen molar-refractivity contribution in [2.45, 2.75) is 63.5 Å². The zero-order chi connectivity index (χ0) is 18.1. The Morgan fingerprint density at radius 3 is 2.48 bits per heavy atom. The van der Waals surface area contributed by atoms with E-state index < -0.39 is 12.0 Å². The van der Waals surface area contributed by atoms with E-state index in [0.29, 0.717) is 13.0 Å². The van der Waals surface area contributed by atoms with Crippen molar-refractivity contribution in [1.82, 2.24) is 15.5 Å². The van der Waals surface area contributed by atoms with Gasteiger partial charge in [0.25, 0.3) is 0 Å². The summed E-state index contributed by atoms with van der Waals surface area (Å²) in [6.45, 7) is 5.99. The van der Waals surface area contributed by atoms with Crippen molar-refractivity contribution in [2.75, 3.05) is 39.4 Å². The number of aliphatic carboxylic acids is 1. The first-order valence-electron chi connectivity index (χ1n) is 9.63. The summed E-state index contributed by atoms with van der Waals surface area (Å²) in [6.07, 6.45) is 7.17.